The Morgan fingerprint density at radius 3 is 2.41 bits per heavy atom. The van der Waals surface area contributed by atoms with Crippen LogP contribution in [0.2, 0.25) is 0 Å². The molecule has 2 N–H and O–H groups in total. The van der Waals surface area contributed by atoms with Gasteiger partial charge in [-0.2, -0.15) is 0 Å². The van der Waals surface area contributed by atoms with Gasteiger partial charge in [0.25, 0.3) is 5.91 Å². The second-order valence-electron chi connectivity index (χ2n) is 7.40. The third-order valence-corrected chi connectivity index (χ3v) is 6.60. The number of benzene rings is 1. The fraction of sp³-hybridized carbons (Fsp3) is 0.208. The molecule has 3 aromatic heterocycles. The molecule has 0 spiro atoms. The van der Waals surface area contributed by atoms with Gasteiger partial charge in [-0.05, 0) is 69.0 Å². The number of rotatable bonds is 7. The lowest BCUT2D eigenvalue weighted by Gasteiger charge is -2.21. The average molecular weight is 465 g/mol. The Bertz CT molecular complexity index is 1200. The Morgan fingerprint density at radius 2 is 1.78 bits per heavy atom. The molecule has 32 heavy (non-hydrogen) atoms. The molecule has 0 saturated carbocycles. The van der Waals surface area contributed by atoms with Gasteiger partial charge < -0.3 is 15.1 Å². The molecule has 0 radical (unpaired) electrons. The van der Waals surface area contributed by atoms with Crippen LogP contribution in [0.25, 0.3) is 0 Å². The molecule has 4 rings (SSSR count). The maximum Gasteiger partial charge on any atom is 0.291 e. The van der Waals surface area contributed by atoms with Crippen LogP contribution in [0.4, 0.5) is 10.9 Å². The zero-order valence-electron chi connectivity index (χ0n) is 18.3. The summed E-state index contributed by atoms with van der Waals surface area (Å²) in [6.45, 7) is 5.93. The summed E-state index contributed by atoms with van der Waals surface area (Å²) in [7, 11) is 0. The first-order chi connectivity index (χ1) is 15.4. The molecule has 0 saturated heterocycles. The van der Waals surface area contributed by atoms with E-state index in [9.17, 15) is 4.79 Å². The molecule has 6 nitrogen and oxygen atoms in total. The summed E-state index contributed by atoms with van der Waals surface area (Å²) in [6, 6.07) is 15.5. The van der Waals surface area contributed by atoms with E-state index >= 15 is 0 Å². The van der Waals surface area contributed by atoms with Gasteiger partial charge in [-0.15, -0.1) is 23.1 Å². The van der Waals surface area contributed by atoms with Gasteiger partial charge in [-0.25, -0.2) is 9.97 Å². The predicted molar refractivity (Wildman–Crippen MR) is 131 cm³/mol. The van der Waals surface area contributed by atoms with E-state index in [-0.39, 0.29) is 17.7 Å². The molecule has 0 aliphatic rings. The first-order valence-electron chi connectivity index (χ1n) is 10.1. The van der Waals surface area contributed by atoms with Crippen LogP contribution in [0, 0.1) is 20.8 Å². The number of aryl methyl sites for hydroxylation is 3. The first-order valence-corrected chi connectivity index (χ1v) is 12.1. The Kier molecular flexibility index (Phi) is 6.62. The molecule has 8 heteroatoms. The summed E-state index contributed by atoms with van der Waals surface area (Å²) in [5.74, 6) is 0.541. The molecule has 1 atom stereocenters. The number of hydrogen-bond acceptors (Lipinski definition) is 7. The average Bonchev–Trinajstić information content (AvgIpc) is 3.41. The van der Waals surface area contributed by atoms with Crippen LogP contribution in [0.5, 0.6) is 0 Å². The van der Waals surface area contributed by atoms with E-state index in [0.717, 1.165) is 32.4 Å². The van der Waals surface area contributed by atoms with Crippen molar-refractivity contribution in [3.63, 3.8) is 0 Å². The van der Waals surface area contributed by atoms with E-state index in [4.69, 9.17) is 4.42 Å². The Morgan fingerprint density at radius 1 is 1.06 bits per heavy atom. The van der Waals surface area contributed by atoms with Gasteiger partial charge in [0, 0.05) is 26.7 Å². The van der Waals surface area contributed by atoms with E-state index in [1.165, 1.54) is 22.5 Å². The fourth-order valence-electron chi connectivity index (χ4n) is 3.48. The molecule has 1 amide bonds. The third-order valence-electron chi connectivity index (χ3n) is 4.87. The molecule has 4 aromatic rings. The SMILES string of the molecule is CSc1ccc([C@H](Nc2nc(C)cc(C)n2)c2cc(C)sc2NC(=O)c2ccco2)cc1. The molecular weight excluding hydrogens is 440 g/mol. The predicted octanol–water partition coefficient (Wildman–Crippen LogP) is 6.23. The van der Waals surface area contributed by atoms with Gasteiger partial charge in [-0.3, -0.25) is 4.79 Å². The highest BCUT2D eigenvalue weighted by atomic mass is 32.2. The molecule has 0 fully saturated rings. The van der Waals surface area contributed by atoms with Crippen LogP contribution in [-0.4, -0.2) is 22.1 Å². The van der Waals surface area contributed by atoms with Crippen molar-refractivity contribution in [2.45, 2.75) is 31.7 Å². The highest BCUT2D eigenvalue weighted by Crippen LogP contribution is 2.38. The van der Waals surface area contributed by atoms with Crippen LogP contribution in [0.15, 0.2) is 64.1 Å². The van der Waals surface area contributed by atoms with Gasteiger partial charge in [0.2, 0.25) is 5.95 Å². The standard InChI is InChI=1S/C24H24N4O2S2/c1-14-12-15(2)26-24(25-14)27-21(17-7-9-18(31-4)10-8-17)19-13-16(3)32-23(19)28-22(29)20-6-5-11-30-20/h5-13,21H,1-4H3,(H,28,29)(H,25,26,27)/t21-/m0/s1. The number of hydrogen-bond donors (Lipinski definition) is 2. The van der Waals surface area contributed by atoms with Crippen LogP contribution in [0.1, 0.15) is 44.0 Å². The number of nitrogens with zero attached hydrogens (tertiary/aromatic N) is 2. The van der Waals surface area contributed by atoms with Gasteiger partial charge in [0.1, 0.15) is 5.00 Å². The lowest BCUT2D eigenvalue weighted by Crippen LogP contribution is -2.17. The Balaban J connectivity index is 1.74. The normalized spacial score (nSPS) is 11.9. The zero-order valence-corrected chi connectivity index (χ0v) is 19.9. The molecule has 0 bridgehead atoms. The van der Waals surface area contributed by atoms with Crippen LogP contribution >= 0.6 is 23.1 Å². The number of nitrogens with one attached hydrogen (secondary N) is 2. The largest absolute Gasteiger partial charge is 0.459 e. The second-order valence-corrected chi connectivity index (χ2v) is 9.53. The number of carbonyl (C=O) groups excluding carboxylic acids is 1. The molecular formula is C24H24N4O2S2. The molecule has 164 valence electrons. The summed E-state index contributed by atoms with van der Waals surface area (Å²) < 4.78 is 5.26. The van der Waals surface area contributed by atoms with E-state index < -0.39 is 0 Å². The van der Waals surface area contributed by atoms with Crippen molar-refractivity contribution in [3.8, 4) is 0 Å². The Labute approximate surface area is 195 Å². The van der Waals surface area contributed by atoms with Crippen molar-refractivity contribution in [2.75, 3.05) is 16.9 Å². The number of thiophene rings is 1. The lowest BCUT2D eigenvalue weighted by atomic mass is 10.00. The lowest BCUT2D eigenvalue weighted by molar-refractivity contribution is 0.0997. The third kappa shape index (κ3) is 5.03. The van der Waals surface area contributed by atoms with Crippen molar-refractivity contribution in [3.05, 3.63) is 87.9 Å². The van der Waals surface area contributed by atoms with Gasteiger partial charge in [-0.1, -0.05) is 12.1 Å². The second kappa shape index (κ2) is 9.58. The molecule has 0 aliphatic heterocycles. The van der Waals surface area contributed by atoms with Gasteiger partial charge >= 0.3 is 0 Å². The molecule has 0 unspecified atom stereocenters. The number of carbonyl (C=O) groups is 1. The van der Waals surface area contributed by atoms with Crippen molar-refractivity contribution >= 4 is 40.0 Å². The maximum atomic E-state index is 12.7. The molecule has 1 aromatic carbocycles. The highest BCUT2D eigenvalue weighted by molar-refractivity contribution is 7.98. The zero-order chi connectivity index (χ0) is 22.7. The van der Waals surface area contributed by atoms with E-state index in [1.54, 1.807) is 23.9 Å². The topological polar surface area (TPSA) is 80.0 Å². The minimum atomic E-state index is -0.280. The summed E-state index contributed by atoms with van der Waals surface area (Å²) in [5, 5.41) is 7.28. The fourth-order valence-corrected chi connectivity index (χ4v) is 4.83. The van der Waals surface area contributed by atoms with Crippen LogP contribution in [-0.2, 0) is 0 Å². The smallest absolute Gasteiger partial charge is 0.291 e. The van der Waals surface area contributed by atoms with E-state index in [1.807, 2.05) is 26.8 Å². The number of amides is 1. The molecule has 0 aliphatic carbocycles. The van der Waals surface area contributed by atoms with Crippen molar-refractivity contribution in [2.24, 2.45) is 0 Å². The van der Waals surface area contributed by atoms with Gasteiger partial charge in [0.05, 0.1) is 12.3 Å². The quantitative estimate of drug-likeness (QED) is 0.316. The van der Waals surface area contributed by atoms with Gasteiger partial charge in [0.15, 0.2) is 5.76 Å². The summed E-state index contributed by atoms with van der Waals surface area (Å²) in [6.07, 6.45) is 3.54. The molecule has 3 heterocycles. The highest BCUT2D eigenvalue weighted by Gasteiger charge is 2.23. The summed E-state index contributed by atoms with van der Waals surface area (Å²) >= 11 is 3.23. The summed E-state index contributed by atoms with van der Waals surface area (Å²) in [4.78, 5) is 24.1. The van der Waals surface area contributed by atoms with Crippen LogP contribution in [0.3, 0.4) is 0 Å². The first kappa shape index (κ1) is 22.1. The number of furan rings is 1. The van der Waals surface area contributed by atoms with Crippen molar-refractivity contribution in [1.82, 2.24) is 9.97 Å². The Hall–Kier alpha value is -3.10. The minimum absolute atomic E-state index is 0.246. The van der Waals surface area contributed by atoms with E-state index in [2.05, 4.69) is 57.2 Å². The van der Waals surface area contributed by atoms with E-state index in [0.29, 0.717) is 5.95 Å². The number of aromatic nitrogens is 2. The number of anilines is 2. The number of thioether (sulfide) groups is 1. The van der Waals surface area contributed by atoms with Crippen molar-refractivity contribution < 1.29 is 9.21 Å². The van der Waals surface area contributed by atoms with Crippen molar-refractivity contribution in [1.29, 1.82) is 0 Å². The van der Waals surface area contributed by atoms with Crippen LogP contribution < -0.4 is 10.6 Å². The minimum Gasteiger partial charge on any atom is -0.459 e. The summed E-state index contributed by atoms with van der Waals surface area (Å²) in [5.41, 5.74) is 3.79. The monoisotopic (exact) mass is 464 g/mol. The maximum absolute atomic E-state index is 12.7.